The lowest BCUT2D eigenvalue weighted by molar-refractivity contribution is -0.125. The second kappa shape index (κ2) is 6.86. The van der Waals surface area contributed by atoms with Crippen molar-refractivity contribution >= 4 is 5.91 Å². The number of unbranched alkanes of at least 4 members (excludes halogenated alkanes) is 1. The van der Waals surface area contributed by atoms with Gasteiger partial charge in [0, 0.05) is 12.5 Å². The van der Waals surface area contributed by atoms with Gasteiger partial charge in [0.1, 0.15) is 0 Å². The topological polar surface area (TPSA) is 29.1 Å². The summed E-state index contributed by atoms with van der Waals surface area (Å²) in [5.41, 5.74) is 0.179. The summed E-state index contributed by atoms with van der Waals surface area (Å²) < 4.78 is 0. The van der Waals surface area contributed by atoms with Crippen LogP contribution >= 0.6 is 0 Å². The first-order valence-corrected chi connectivity index (χ1v) is 6.18. The van der Waals surface area contributed by atoms with Gasteiger partial charge in [0.05, 0.1) is 0 Å². The van der Waals surface area contributed by atoms with Crippen molar-refractivity contribution in [1.82, 2.24) is 5.32 Å². The van der Waals surface area contributed by atoms with Gasteiger partial charge in [-0.05, 0) is 18.3 Å². The third-order valence-electron chi connectivity index (χ3n) is 2.56. The maximum Gasteiger partial charge on any atom is 0.223 e. The number of amides is 1. The molecule has 0 spiro atoms. The summed E-state index contributed by atoms with van der Waals surface area (Å²) in [6, 6.07) is 0. The van der Waals surface area contributed by atoms with E-state index in [1.54, 1.807) is 0 Å². The van der Waals surface area contributed by atoms with Crippen LogP contribution in [-0.4, -0.2) is 12.5 Å². The molecule has 1 amide bonds. The average Bonchev–Trinajstić information content (AvgIpc) is 2.15. The smallest absolute Gasteiger partial charge is 0.223 e. The molecule has 0 saturated heterocycles. The number of carbonyl (C=O) groups is 1. The van der Waals surface area contributed by atoms with Crippen LogP contribution in [0.4, 0.5) is 0 Å². The molecule has 0 bridgehead atoms. The molecule has 0 aromatic heterocycles. The molecule has 1 unspecified atom stereocenters. The maximum atomic E-state index is 11.8. The maximum absolute atomic E-state index is 11.8. The number of rotatable bonds is 6. The van der Waals surface area contributed by atoms with Crippen LogP contribution in [0, 0.1) is 11.3 Å². The quantitative estimate of drug-likeness (QED) is 0.720. The Hall–Kier alpha value is -0.530. The Kier molecular flexibility index (Phi) is 6.62. The fourth-order valence-electron chi connectivity index (χ4n) is 1.47. The van der Waals surface area contributed by atoms with Crippen molar-refractivity contribution in [2.45, 2.75) is 60.3 Å². The summed E-state index contributed by atoms with van der Waals surface area (Å²) in [7, 11) is 0. The Balaban J connectivity index is 3.94. The average molecular weight is 213 g/mol. The van der Waals surface area contributed by atoms with Crippen LogP contribution in [0.1, 0.15) is 60.3 Å². The molecular formula is C13H27NO. The van der Waals surface area contributed by atoms with Gasteiger partial charge in [0.15, 0.2) is 0 Å². The summed E-state index contributed by atoms with van der Waals surface area (Å²) in [5, 5.41) is 3.04. The van der Waals surface area contributed by atoms with E-state index in [0.717, 1.165) is 25.8 Å². The third kappa shape index (κ3) is 7.40. The zero-order valence-electron chi connectivity index (χ0n) is 11.0. The van der Waals surface area contributed by atoms with Crippen LogP contribution < -0.4 is 5.32 Å². The van der Waals surface area contributed by atoms with Gasteiger partial charge in [-0.2, -0.15) is 0 Å². The first-order valence-electron chi connectivity index (χ1n) is 6.18. The molecule has 2 heteroatoms. The van der Waals surface area contributed by atoms with Crippen molar-refractivity contribution in [3.05, 3.63) is 0 Å². The standard InChI is InChI=1S/C13H27NO/c1-6-8-9-11(7-2)12(15)14-10-13(3,4)5/h11H,6-10H2,1-5H3,(H,14,15). The molecule has 1 atom stereocenters. The molecule has 0 heterocycles. The molecule has 0 saturated carbocycles. The first-order chi connectivity index (χ1) is 6.90. The summed E-state index contributed by atoms with van der Waals surface area (Å²) >= 11 is 0. The SMILES string of the molecule is CCCCC(CC)C(=O)NCC(C)(C)C. The minimum atomic E-state index is 0.179. The lowest BCUT2D eigenvalue weighted by Gasteiger charge is -2.21. The molecule has 1 N–H and O–H groups in total. The van der Waals surface area contributed by atoms with Crippen LogP contribution in [0.2, 0.25) is 0 Å². The van der Waals surface area contributed by atoms with Crippen molar-refractivity contribution in [3.63, 3.8) is 0 Å². The zero-order chi connectivity index (χ0) is 11.9. The van der Waals surface area contributed by atoms with E-state index >= 15 is 0 Å². The van der Waals surface area contributed by atoms with Gasteiger partial charge in [-0.3, -0.25) is 4.79 Å². The van der Waals surface area contributed by atoms with Crippen LogP contribution in [-0.2, 0) is 4.79 Å². The summed E-state index contributed by atoms with van der Waals surface area (Å²) in [5.74, 6) is 0.452. The van der Waals surface area contributed by atoms with Crippen molar-refractivity contribution in [2.24, 2.45) is 11.3 Å². The molecule has 0 aromatic rings. The van der Waals surface area contributed by atoms with Crippen LogP contribution in [0.3, 0.4) is 0 Å². The zero-order valence-corrected chi connectivity index (χ0v) is 11.0. The highest BCUT2D eigenvalue weighted by Gasteiger charge is 2.18. The van der Waals surface area contributed by atoms with E-state index in [4.69, 9.17) is 0 Å². The lowest BCUT2D eigenvalue weighted by atomic mass is 9.95. The van der Waals surface area contributed by atoms with Crippen molar-refractivity contribution < 1.29 is 4.79 Å². The van der Waals surface area contributed by atoms with Gasteiger partial charge in [-0.15, -0.1) is 0 Å². The number of hydrogen-bond donors (Lipinski definition) is 1. The molecular weight excluding hydrogens is 186 g/mol. The summed E-state index contributed by atoms with van der Waals surface area (Å²) in [6.07, 6.45) is 4.31. The number of carbonyl (C=O) groups excluding carboxylic acids is 1. The highest BCUT2D eigenvalue weighted by molar-refractivity contribution is 5.78. The summed E-state index contributed by atoms with van der Waals surface area (Å²) in [4.78, 5) is 11.8. The van der Waals surface area contributed by atoms with Gasteiger partial charge in [-0.1, -0.05) is 47.5 Å². The minimum absolute atomic E-state index is 0.179. The third-order valence-corrected chi connectivity index (χ3v) is 2.56. The molecule has 90 valence electrons. The van der Waals surface area contributed by atoms with E-state index < -0.39 is 0 Å². The molecule has 0 aliphatic carbocycles. The monoisotopic (exact) mass is 213 g/mol. The molecule has 0 aromatic carbocycles. The highest BCUT2D eigenvalue weighted by atomic mass is 16.1. The number of nitrogens with one attached hydrogen (secondary N) is 1. The first kappa shape index (κ1) is 14.5. The molecule has 0 aliphatic rings. The minimum Gasteiger partial charge on any atom is -0.355 e. The Morgan fingerprint density at radius 1 is 1.27 bits per heavy atom. The summed E-state index contributed by atoms with van der Waals surface area (Å²) in [6.45, 7) is 11.5. The van der Waals surface area contributed by atoms with E-state index in [2.05, 4.69) is 39.9 Å². The van der Waals surface area contributed by atoms with Gasteiger partial charge in [0.2, 0.25) is 5.91 Å². The van der Waals surface area contributed by atoms with Gasteiger partial charge in [0.25, 0.3) is 0 Å². The van der Waals surface area contributed by atoms with E-state index in [1.165, 1.54) is 6.42 Å². The normalized spacial score (nSPS) is 13.7. The molecule has 0 radical (unpaired) electrons. The lowest BCUT2D eigenvalue weighted by Crippen LogP contribution is -2.36. The fourth-order valence-corrected chi connectivity index (χ4v) is 1.47. The van der Waals surface area contributed by atoms with Gasteiger partial charge >= 0.3 is 0 Å². The van der Waals surface area contributed by atoms with Crippen molar-refractivity contribution in [1.29, 1.82) is 0 Å². The molecule has 0 rings (SSSR count). The number of hydrogen-bond acceptors (Lipinski definition) is 1. The Morgan fingerprint density at radius 2 is 1.87 bits per heavy atom. The second-order valence-corrected chi connectivity index (χ2v) is 5.53. The van der Waals surface area contributed by atoms with E-state index in [9.17, 15) is 4.79 Å². The van der Waals surface area contributed by atoms with Crippen molar-refractivity contribution in [3.8, 4) is 0 Å². The van der Waals surface area contributed by atoms with Crippen LogP contribution in [0.25, 0.3) is 0 Å². The molecule has 0 fully saturated rings. The molecule has 0 aliphatic heterocycles. The largest absolute Gasteiger partial charge is 0.355 e. The molecule has 15 heavy (non-hydrogen) atoms. The van der Waals surface area contributed by atoms with Crippen LogP contribution in [0.5, 0.6) is 0 Å². The second-order valence-electron chi connectivity index (χ2n) is 5.53. The van der Waals surface area contributed by atoms with E-state index in [1.807, 2.05) is 0 Å². The predicted octanol–water partition coefficient (Wildman–Crippen LogP) is 3.37. The Bertz CT molecular complexity index is 181. The van der Waals surface area contributed by atoms with Gasteiger partial charge < -0.3 is 5.32 Å². The van der Waals surface area contributed by atoms with Gasteiger partial charge in [-0.25, -0.2) is 0 Å². The fraction of sp³-hybridized carbons (Fsp3) is 0.923. The predicted molar refractivity (Wildman–Crippen MR) is 65.8 cm³/mol. The Morgan fingerprint density at radius 3 is 2.27 bits per heavy atom. The Labute approximate surface area is 94.8 Å². The molecule has 2 nitrogen and oxygen atoms in total. The highest BCUT2D eigenvalue weighted by Crippen LogP contribution is 2.14. The van der Waals surface area contributed by atoms with E-state index in [-0.39, 0.29) is 17.2 Å². The van der Waals surface area contributed by atoms with E-state index in [0.29, 0.717) is 0 Å². The van der Waals surface area contributed by atoms with Crippen LogP contribution in [0.15, 0.2) is 0 Å². The van der Waals surface area contributed by atoms with Crippen molar-refractivity contribution in [2.75, 3.05) is 6.54 Å².